The number of aromatic nitrogens is 3. The molecule has 2 amide bonds. The number of morpholine rings is 1. The van der Waals surface area contributed by atoms with Crippen LogP contribution in [-0.4, -0.2) is 87.5 Å². The zero-order chi connectivity index (χ0) is 26.0. The van der Waals surface area contributed by atoms with Gasteiger partial charge >= 0.3 is 18.2 Å². The van der Waals surface area contributed by atoms with Crippen LogP contribution >= 0.6 is 0 Å². The Hall–Kier alpha value is -3.19. The van der Waals surface area contributed by atoms with Gasteiger partial charge in [0.05, 0.1) is 18.9 Å². The van der Waals surface area contributed by atoms with Crippen LogP contribution < -0.4 is 5.32 Å². The number of hydrogen-bond acceptors (Lipinski definition) is 6. The molecule has 2 aliphatic heterocycles. The van der Waals surface area contributed by atoms with Crippen molar-refractivity contribution in [1.82, 2.24) is 30.1 Å². The highest BCUT2D eigenvalue weighted by atomic mass is 19.4. The largest absolute Gasteiger partial charge is 0.490 e. The molecule has 1 aromatic carbocycles. The molecule has 1 aromatic heterocycles. The number of ether oxygens (including phenoxy) is 1. The highest BCUT2D eigenvalue weighted by Crippen LogP contribution is 2.19. The van der Waals surface area contributed by atoms with Crippen LogP contribution in [0.4, 0.5) is 18.0 Å². The molecule has 10 nitrogen and oxygen atoms in total. The number of nitrogens with one attached hydrogen (secondary N) is 1. The Kier molecular flexibility index (Phi) is 10.1. The maximum Gasteiger partial charge on any atom is 0.490 e. The molecule has 2 aliphatic rings. The van der Waals surface area contributed by atoms with Gasteiger partial charge in [0, 0.05) is 52.0 Å². The summed E-state index contributed by atoms with van der Waals surface area (Å²) in [5, 5.41) is 18.8. The van der Waals surface area contributed by atoms with E-state index in [1.807, 2.05) is 39.9 Å². The highest BCUT2D eigenvalue weighted by Gasteiger charge is 2.38. The van der Waals surface area contributed by atoms with Crippen molar-refractivity contribution in [3.8, 4) is 0 Å². The number of amides is 2. The van der Waals surface area contributed by atoms with Gasteiger partial charge in [-0.25, -0.2) is 9.59 Å². The summed E-state index contributed by atoms with van der Waals surface area (Å²) in [6.45, 7) is 7.37. The maximum absolute atomic E-state index is 12.4. The first-order chi connectivity index (χ1) is 17.2. The number of aliphatic carboxylic acids is 1. The summed E-state index contributed by atoms with van der Waals surface area (Å²) in [7, 11) is 0. The number of alkyl halides is 3. The number of urea groups is 1. The number of benzene rings is 1. The molecule has 2 fully saturated rings. The van der Waals surface area contributed by atoms with Gasteiger partial charge in [-0.15, -0.1) is 5.10 Å². The van der Waals surface area contributed by atoms with E-state index in [0.29, 0.717) is 12.5 Å². The van der Waals surface area contributed by atoms with Crippen molar-refractivity contribution in [1.29, 1.82) is 0 Å². The molecule has 0 aliphatic carbocycles. The zero-order valence-electron chi connectivity index (χ0n) is 19.9. The van der Waals surface area contributed by atoms with E-state index in [-0.39, 0.29) is 6.03 Å². The van der Waals surface area contributed by atoms with Crippen molar-refractivity contribution in [2.45, 2.75) is 38.7 Å². The number of carbonyl (C=O) groups excluding carboxylic acids is 1. The van der Waals surface area contributed by atoms with E-state index >= 15 is 0 Å². The SMILES string of the molecule is O=C(NCc1ccccc1)N1CCC(Cn2cc(CN3CCOCC3)nn2)CC1.O=C(O)C(F)(F)F. The summed E-state index contributed by atoms with van der Waals surface area (Å²) in [4.78, 5) is 25.6. The van der Waals surface area contributed by atoms with Crippen LogP contribution in [0.1, 0.15) is 24.1 Å². The molecule has 0 unspecified atom stereocenters. The summed E-state index contributed by atoms with van der Waals surface area (Å²) >= 11 is 0. The number of hydrogen-bond donors (Lipinski definition) is 2. The molecule has 13 heteroatoms. The van der Waals surface area contributed by atoms with Crippen LogP contribution in [0.25, 0.3) is 0 Å². The third-order valence-electron chi connectivity index (χ3n) is 5.95. The molecule has 4 rings (SSSR count). The van der Waals surface area contributed by atoms with E-state index in [2.05, 4.69) is 26.7 Å². The Morgan fingerprint density at radius 3 is 2.33 bits per heavy atom. The Labute approximate surface area is 207 Å². The van der Waals surface area contributed by atoms with Gasteiger partial charge in [-0.2, -0.15) is 13.2 Å². The number of likely N-dealkylation sites (tertiary alicyclic amines) is 1. The maximum atomic E-state index is 12.4. The van der Waals surface area contributed by atoms with Crippen LogP contribution in [0.5, 0.6) is 0 Å². The predicted octanol–water partition coefficient (Wildman–Crippen LogP) is 2.37. The van der Waals surface area contributed by atoms with Crippen molar-refractivity contribution in [3.63, 3.8) is 0 Å². The van der Waals surface area contributed by atoms with Crippen LogP contribution in [0.3, 0.4) is 0 Å². The van der Waals surface area contributed by atoms with Crippen molar-refractivity contribution < 1.29 is 32.6 Å². The fourth-order valence-corrected chi connectivity index (χ4v) is 3.96. The molecule has 0 spiro atoms. The van der Waals surface area contributed by atoms with Gasteiger partial charge in [-0.05, 0) is 24.3 Å². The average molecular weight is 513 g/mol. The predicted molar refractivity (Wildman–Crippen MR) is 123 cm³/mol. The molecule has 2 aromatic rings. The third kappa shape index (κ3) is 9.11. The number of nitrogens with zero attached hydrogens (tertiary/aromatic N) is 5. The monoisotopic (exact) mass is 512 g/mol. The Bertz CT molecular complexity index is 958. The first-order valence-corrected chi connectivity index (χ1v) is 11.8. The summed E-state index contributed by atoms with van der Waals surface area (Å²) < 4.78 is 39.1. The van der Waals surface area contributed by atoms with E-state index in [4.69, 9.17) is 14.6 Å². The molecular formula is C23H31F3N6O4. The lowest BCUT2D eigenvalue weighted by molar-refractivity contribution is -0.192. The minimum absolute atomic E-state index is 0.0286. The van der Waals surface area contributed by atoms with Gasteiger partial charge in [-0.1, -0.05) is 35.5 Å². The fraction of sp³-hybridized carbons (Fsp3) is 0.565. The summed E-state index contributed by atoms with van der Waals surface area (Å²) in [6, 6.07) is 10.0. The fourth-order valence-electron chi connectivity index (χ4n) is 3.96. The van der Waals surface area contributed by atoms with Crippen molar-refractivity contribution >= 4 is 12.0 Å². The molecule has 2 N–H and O–H groups in total. The highest BCUT2D eigenvalue weighted by molar-refractivity contribution is 5.74. The van der Waals surface area contributed by atoms with Crippen LogP contribution in [0.15, 0.2) is 36.5 Å². The van der Waals surface area contributed by atoms with Gasteiger partial charge in [-0.3, -0.25) is 9.58 Å². The number of piperidine rings is 1. The molecule has 36 heavy (non-hydrogen) atoms. The molecule has 2 saturated heterocycles. The lowest BCUT2D eigenvalue weighted by atomic mass is 9.97. The number of carboxylic acid groups (broad SMARTS) is 1. The van der Waals surface area contributed by atoms with Gasteiger partial charge < -0.3 is 20.1 Å². The minimum atomic E-state index is -5.08. The molecule has 0 bridgehead atoms. The summed E-state index contributed by atoms with van der Waals surface area (Å²) in [5.41, 5.74) is 2.14. The second kappa shape index (κ2) is 13.2. The third-order valence-corrected chi connectivity index (χ3v) is 5.95. The van der Waals surface area contributed by atoms with Crippen molar-refractivity contribution in [3.05, 3.63) is 47.8 Å². The van der Waals surface area contributed by atoms with Crippen molar-refractivity contribution in [2.75, 3.05) is 39.4 Å². The van der Waals surface area contributed by atoms with E-state index in [1.54, 1.807) is 0 Å². The zero-order valence-corrected chi connectivity index (χ0v) is 19.9. The second-order valence-electron chi connectivity index (χ2n) is 8.70. The van der Waals surface area contributed by atoms with Gasteiger partial charge in [0.1, 0.15) is 0 Å². The molecule has 0 radical (unpaired) electrons. The summed E-state index contributed by atoms with van der Waals surface area (Å²) in [6.07, 6.45) is -1.02. The molecule has 0 atom stereocenters. The first-order valence-electron chi connectivity index (χ1n) is 11.8. The lowest BCUT2D eigenvalue weighted by Gasteiger charge is -2.31. The Morgan fingerprint density at radius 1 is 1.08 bits per heavy atom. The molecular weight excluding hydrogens is 481 g/mol. The number of carboxylic acids is 1. The quantitative estimate of drug-likeness (QED) is 0.611. The van der Waals surface area contributed by atoms with E-state index in [0.717, 1.165) is 76.6 Å². The number of halogens is 3. The van der Waals surface area contributed by atoms with E-state index < -0.39 is 12.1 Å². The molecule has 0 saturated carbocycles. The smallest absolute Gasteiger partial charge is 0.475 e. The topological polar surface area (TPSA) is 113 Å². The van der Waals surface area contributed by atoms with Gasteiger partial charge in [0.25, 0.3) is 0 Å². The van der Waals surface area contributed by atoms with Gasteiger partial charge in [0.15, 0.2) is 0 Å². The standard InChI is InChI=1S/C21H30N6O2.C2HF3O2/c28-21(22-14-18-4-2-1-3-5-18)26-8-6-19(7-9-26)15-27-17-20(23-24-27)16-25-10-12-29-13-11-25;3-2(4,5)1(6)7/h1-5,17,19H,6-16H2,(H,22,28);(H,6,7). The Morgan fingerprint density at radius 2 is 1.72 bits per heavy atom. The van der Waals surface area contributed by atoms with E-state index in [1.165, 1.54) is 0 Å². The lowest BCUT2D eigenvalue weighted by Crippen LogP contribution is -2.44. The number of carbonyl (C=O) groups is 2. The van der Waals surface area contributed by atoms with Crippen LogP contribution in [0, 0.1) is 5.92 Å². The van der Waals surface area contributed by atoms with Crippen LogP contribution in [0.2, 0.25) is 0 Å². The average Bonchev–Trinajstić information content (AvgIpc) is 3.30. The molecule has 3 heterocycles. The minimum Gasteiger partial charge on any atom is -0.475 e. The normalized spacial score (nSPS) is 17.2. The second-order valence-corrected chi connectivity index (χ2v) is 8.70. The summed E-state index contributed by atoms with van der Waals surface area (Å²) in [5.74, 6) is -2.22. The number of rotatable bonds is 6. The Balaban J connectivity index is 0.000000454. The van der Waals surface area contributed by atoms with Crippen LogP contribution in [-0.2, 0) is 29.2 Å². The van der Waals surface area contributed by atoms with Gasteiger partial charge in [0.2, 0.25) is 0 Å². The first kappa shape index (κ1) is 27.4. The molecule has 198 valence electrons. The van der Waals surface area contributed by atoms with E-state index in [9.17, 15) is 18.0 Å². The van der Waals surface area contributed by atoms with Crippen molar-refractivity contribution in [2.24, 2.45) is 5.92 Å².